The molecule has 0 unspecified atom stereocenters. The Morgan fingerprint density at radius 3 is 1.11 bits per heavy atom. The van der Waals surface area contributed by atoms with E-state index in [2.05, 4.69) is 26.2 Å². The molecule has 0 aliphatic heterocycles. The summed E-state index contributed by atoms with van der Waals surface area (Å²) in [6.07, 6.45) is 0. The molecule has 0 spiro atoms. The quantitative estimate of drug-likeness (QED) is 0.163. The average Bonchev–Trinajstić information content (AvgIpc) is 2.52. The molecule has 0 aromatic rings. The van der Waals surface area contributed by atoms with Crippen LogP contribution in [-0.2, 0) is 45.8 Å². The van der Waals surface area contributed by atoms with Gasteiger partial charge < -0.3 is 22.2 Å². The van der Waals surface area contributed by atoms with Crippen LogP contribution < -0.4 is 0 Å². The zero-order valence-electron chi connectivity index (χ0n) is 17.8. The molecule has 0 saturated heterocycles. The van der Waals surface area contributed by atoms with Crippen LogP contribution in [0.1, 0.15) is 27.7 Å². The van der Waals surface area contributed by atoms with Gasteiger partial charge in [0.05, 0.1) is 26.4 Å². The first kappa shape index (κ1) is 29.2. The van der Waals surface area contributed by atoms with Gasteiger partial charge in [0.2, 0.25) is 11.4 Å². The Bertz CT molecular complexity index is 462. The lowest BCUT2D eigenvalue weighted by atomic mass is 10.9. The van der Waals surface area contributed by atoms with Crippen LogP contribution in [0, 0.1) is 0 Å². The van der Waals surface area contributed by atoms with Gasteiger partial charge in [-0.25, -0.2) is 0 Å². The largest absolute Gasteiger partial charge is 0.454 e. The molecule has 0 radical (unpaired) electrons. The van der Waals surface area contributed by atoms with Crippen molar-refractivity contribution in [2.45, 2.75) is 53.9 Å². The van der Waals surface area contributed by atoms with Crippen molar-refractivity contribution in [3.8, 4) is 0 Å². The Kier molecular flexibility index (Phi) is 14.7. The van der Waals surface area contributed by atoms with Crippen LogP contribution in [0.5, 0.6) is 0 Å². The van der Waals surface area contributed by atoms with Gasteiger partial charge in [0.25, 0.3) is 0 Å². The minimum atomic E-state index is -2.28. The zero-order chi connectivity index (χ0) is 21.2. The molecule has 0 bridgehead atoms. The summed E-state index contributed by atoms with van der Waals surface area (Å²) in [4.78, 5) is 0. The molecular weight excluding hydrogens is 495 g/mol. The van der Waals surface area contributed by atoms with Crippen molar-refractivity contribution in [1.82, 2.24) is 0 Å². The van der Waals surface area contributed by atoms with E-state index in [9.17, 15) is 0 Å². The highest BCUT2D eigenvalue weighted by Gasteiger charge is 2.37. The summed E-state index contributed by atoms with van der Waals surface area (Å²) in [5.74, 6) is 0. The third kappa shape index (κ3) is 13.3. The predicted molar refractivity (Wildman–Crippen MR) is 136 cm³/mol. The SMILES string of the molecule is CCOP(=S)(OCC)SC[Si](C)(C)O[Si](C)(C)CSP(=S)(OCC)OCC. The molecule has 0 aliphatic rings. The molecule has 27 heavy (non-hydrogen) atoms. The first-order chi connectivity index (χ1) is 12.4. The fraction of sp³-hybridized carbons (Fsp3) is 1.00. The number of rotatable bonds is 16. The third-order valence-electron chi connectivity index (χ3n) is 2.84. The van der Waals surface area contributed by atoms with E-state index in [0.717, 1.165) is 10.8 Å². The van der Waals surface area contributed by atoms with Crippen molar-refractivity contribution in [1.29, 1.82) is 0 Å². The summed E-state index contributed by atoms with van der Waals surface area (Å²) >= 11 is 14.5. The maximum absolute atomic E-state index is 6.69. The van der Waals surface area contributed by atoms with Crippen LogP contribution in [-0.4, -0.2) is 53.8 Å². The third-order valence-corrected chi connectivity index (χ3v) is 25.4. The molecule has 0 aliphatic carbocycles. The van der Waals surface area contributed by atoms with Crippen molar-refractivity contribution < 1.29 is 22.2 Å². The van der Waals surface area contributed by atoms with Gasteiger partial charge in [-0.3, -0.25) is 0 Å². The van der Waals surface area contributed by atoms with E-state index < -0.39 is 28.0 Å². The molecule has 0 N–H and O–H groups in total. The maximum Gasteiger partial charge on any atom is 0.247 e. The molecule has 0 atom stereocenters. The molecule has 13 heteroatoms. The van der Waals surface area contributed by atoms with Crippen LogP contribution in [0.15, 0.2) is 0 Å². The molecule has 0 aromatic heterocycles. The smallest absolute Gasteiger partial charge is 0.247 e. The summed E-state index contributed by atoms with van der Waals surface area (Å²) in [7, 11) is -3.86. The van der Waals surface area contributed by atoms with Gasteiger partial charge >= 0.3 is 0 Å². The minimum Gasteiger partial charge on any atom is -0.454 e. The Morgan fingerprint density at radius 2 is 0.889 bits per heavy atom. The van der Waals surface area contributed by atoms with Crippen molar-refractivity contribution in [3.05, 3.63) is 0 Å². The van der Waals surface area contributed by atoms with E-state index >= 15 is 0 Å². The minimum absolute atomic E-state index is 0.573. The Balaban J connectivity index is 4.83. The van der Waals surface area contributed by atoms with E-state index in [1.54, 1.807) is 22.8 Å². The van der Waals surface area contributed by atoms with Crippen molar-refractivity contribution >= 4 is 74.4 Å². The fourth-order valence-electron chi connectivity index (χ4n) is 2.13. The molecule has 0 rings (SSSR count). The molecule has 0 saturated carbocycles. The van der Waals surface area contributed by atoms with Gasteiger partial charge in [-0.1, -0.05) is 22.8 Å². The lowest BCUT2D eigenvalue weighted by molar-refractivity contribution is 0.280. The summed E-state index contributed by atoms with van der Waals surface area (Å²) in [6.45, 7) is 19.0. The lowest BCUT2D eigenvalue weighted by Gasteiger charge is -2.35. The fourth-order valence-corrected chi connectivity index (χ4v) is 29.8. The molecule has 0 amide bonds. The first-order valence-corrected chi connectivity index (χ1v) is 23.8. The zero-order valence-corrected chi connectivity index (χ0v) is 24.9. The van der Waals surface area contributed by atoms with Crippen molar-refractivity contribution in [2.24, 2.45) is 0 Å². The van der Waals surface area contributed by atoms with E-state index in [0.29, 0.717) is 26.4 Å². The van der Waals surface area contributed by atoms with Gasteiger partial charge in [0.1, 0.15) is 0 Å². The van der Waals surface area contributed by atoms with E-state index in [-0.39, 0.29) is 0 Å². The lowest BCUT2D eigenvalue weighted by Crippen LogP contribution is -2.48. The van der Waals surface area contributed by atoms with Crippen LogP contribution in [0.3, 0.4) is 0 Å². The standard InChI is InChI=1S/C14H36O5P2S4Si2/c1-9-15-20(22,16-10-2)24-13-26(5,6)19-27(7,8)14-25-21(23,17-11-3)18-12-4/h9-14H2,1-8H3. The molecule has 0 fully saturated rings. The normalized spacial score (nSPS) is 13.9. The van der Waals surface area contributed by atoms with Gasteiger partial charge in [-0.2, -0.15) is 0 Å². The topological polar surface area (TPSA) is 46.2 Å². The Labute approximate surface area is 186 Å². The monoisotopic (exact) mass is 530 g/mol. The predicted octanol–water partition coefficient (Wildman–Crippen LogP) is 6.55. The highest BCUT2D eigenvalue weighted by atomic mass is 32.9. The van der Waals surface area contributed by atoms with Crippen LogP contribution in [0.2, 0.25) is 26.2 Å². The molecular formula is C14H36O5P2S4Si2. The van der Waals surface area contributed by atoms with Crippen LogP contribution >= 0.6 is 34.2 Å². The summed E-state index contributed by atoms with van der Waals surface area (Å²) < 4.78 is 29.6. The van der Waals surface area contributed by atoms with Gasteiger partial charge in [-0.05, 0) is 77.5 Å². The van der Waals surface area contributed by atoms with Crippen LogP contribution in [0.25, 0.3) is 0 Å². The molecule has 0 aromatic carbocycles. The highest BCUT2D eigenvalue weighted by molar-refractivity contribution is 8.68. The van der Waals surface area contributed by atoms with Crippen LogP contribution in [0.4, 0.5) is 0 Å². The van der Waals surface area contributed by atoms with E-state index in [1.165, 1.54) is 0 Å². The second-order valence-electron chi connectivity index (χ2n) is 6.73. The van der Waals surface area contributed by atoms with Gasteiger partial charge in [0, 0.05) is 10.8 Å². The summed E-state index contributed by atoms with van der Waals surface area (Å²) in [6, 6.07) is 0. The molecule has 5 nitrogen and oxygen atoms in total. The first-order valence-electron chi connectivity index (χ1n) is 9.14. The molecule has 0 heterocycles. The van der Waals surface area contributed by atoms with E-state index in [1.807, 2.05) is 27.7 Å². The summed E-state index contributed by atoms with van der Waals surface area (Å²) in [5.41, 5.74) is -4.56. The highest BCUT2D eigenvalue weighted by Crippen LogP contribution is 2.62. The van der Waals surface area contributed by atoms with Gasteiger partial charge in [-0.15, -0.1) is 0 Å². The molecule has 164 valence electrons. The van der Waals surface area contributed by atoms with Crippen molar-refractivity contribution in [2.75, 3.05) is 37.2 Å². The second-order valence-corrected chi connectivity index (χ2v) is 28.9. The Morgan fingerprint density at radius 1 is 0.630 bits per heavy atom. The Hall–Kier alpha value is 2.23. The number of hydrogen-bond acceptors (Lipinski definition) is 9. The summed E-state index contributed by atoms with van der Waals surface area (Å²) in [5, 5.41) is 1.72. The maximum atomic E-state index is 6.69. The number of hydrogen-bond donors (Lipinski definition) is 0. The van der Waals surface area contributed by atoms with Gasteiger partial charge in [0.15, 0.2) is 16.6 Å². The average molecular weight is 531 g/mol. The van der Waals surface area contributed by atoms with E-state index in [4.69, 9.17) is 45.8 Å². The second kappa shape index (κ2) is 13.6. The van der Waals surface area contributed by atoms with Crippen molar-refractivity contribution in [3.63, 3.8) is 0 Å².